The van der Waals surface area contributed by atoms with Crippen LogP contribution in [0.5, 0.6) is 0 Å². The lowest BCUT2D eigenvalue weighted by molar-refractivity contribution is 0.974. The molecule has 2 aromatic carbocycles. The van der Waals surface area contributed by atoms with Crippen LogP contribution in [-0.2, 0) is 0 Å². The summed E-state index contributed by atoms with van der Waals surface area (Å²) in [6.45, 7) is 5.37. The fraction of sp³-hybridized carbons (Fsp3) is 0.286. The van der Waals surface area contributed by atoms with Gasteiger partial charge >= 0.3 is 0 Å². The van der Waals surface area contributed by atoms with Crippen molar-refractivity contribution in [3.05, 3.63) is 42.0 Å². The number of rotatable bonds is 2. The molecule has 0 saturated heterocycles. The van der Waals surface area contributed by atoms with E-state index in [1.165, 1.54) is 22.0 Å². The number of fused-ring (bicyclic) bond motifs is 1. The molecule has 0 amide bonds. The van der Waals surface area contributed by atoms with Crippen LogP contribution in [0.25, 0.3) is 10.8 Å². The van der Waals surface area contributed by atoms with Gasteiger partial charge in [-0.2, -0.15) is 0 Å². The molecule has 2 rings (SSSR count). The first kappa shape index (κ1) is 10.0. The molecule has 0 heterocycles. The molecule has 0 aliphatic heterocycles. The number of aryl methyl sites for hydroxylation is 1. The Kier molecular flexibility index (Phi) is 2.63. The maximum Gasteiger partial charge on any atom is 0.0443 e. The van der Waals surface area contributed by atoms with Gasteiger partial charge in [0.15, 0.2) is 0 Å². The van der Waals surface area contributed by atoms with Gasteiger partial charge in [0.1, 0.15) is 0 Å². The molecule has 0 spiro atoms. The first-order valence-electron chi connectivity index (χ1n) is 5.43. The topological polar surface area (TPSA) is 3.24 Å². The van der Waals surface area contributed by atoms with E-state index in [9.17, 15) is 0 Å². The molecule has 0 N–H and O–H groups in total. The molecule has 0 saturated carbocycles. The fourth-order valence-electron chi connectivity index (χ4n) is 1.94. The monoisotopic (exact) mass is 199 g/mol. The van der Waals surface area contributed by atoms with Crippen LogP contribution in [0.2, 0.25) is 0 Å². The molecule has 0 atom stereocenters. The van der Waals surface area contributed by atoms with Crippen molar-refractivity contribution in [2.45, 2.75) is 13.8 Å². The van der Waals surface area contributed by atoms with Crippen molar-refractivity contribution >= 4 is 16.5 Å². The molecule has 0 fully saturated rings. The average molecular weight is 199 g/mol. The van der Waals surface area contributed by atoms with Crippen molar-refractivity contribution in [1.29, 1.82) is 0 Å². The average Bonchev–Trinajstić information content (AvgIpc) is 2.29. The van der Waals surface area contributed by atoms with Crippen molar-refractivity contribution in [2.24, 2.45) is 0 Å². The summed E-state index contributed by atoms with van der Waals surface area (Å²) in [7, 11) is 2.14. The van der Waals surface area contributed by atoms with E-state index < -0.39 is 0 Å². The number of hydrogen-bond acceptors (Lipinski definition) is 1. The Morgan fingerprint density at radius 1 is 1.00 bits per heavy atom. The van der Waals surface area contributed by atoms with Crippen LogP contribution in [0, 0.1) is 6.92 Å². The second-order valence-corrected chi connectivity index (χ2v) is 3.96. The summed E-state index contributed by atoms with van der Waals surface area (Å²) < 4.78 is 0. The van der Waals surface area contributed by atoms with E-state index >= 15 is 0 Å². The first-order valence-corrected chi connectivity index (χ1v) is 5.43. The maximum atomic E-state index is 2.28. The zero-order valence-corrected chi connectivity index (χ0v) is 9.62. The predicted molar refractivity (Wildman–Crippen MR) is 67.6 cm³/mol. The number of benzene rings is 2. The van der Waals surface area contributed by atoms with Crippen LogP contribution in [-0.4, -0.2) is 13.6 Å². The first-order chi connectivity index (χ1) is 7.24. The van der Waals surface area contributed by atoms with Gasteiger partial charge in [-0.1, -0.05) is 30.3 Å². The lowest BCUT2D eigenvalue weighted by atomic mass is 10.0. The quantitative estimate of drug-likeness (QED) is 0.714. The second kappa shape index (κ2) is 3.93. The molecule has 15 heavy (non-hydrogen) atoms. The predicted octanol–water partition coefficient (Wildman–Crippen LogP) is 3.60. The molecule has 1 nitrogen and oxygen atoms in total. The molecule has 0 unspecified atom stereocenters. The van der Waals surface area contributed by atoms with Gasteiger partial charge < -0.3 is 4.90 Å². The SMILES string of the molecule is CCN(C)c1ccc(C)c2ccccc12. The van der Waals surface area contributed by atoms with Gasteiger partial charge in [0.25, 0.3) is 0 Å². The summed E-state index contributed by atoms with van der Waals surface area (Å²) >= 11 is 0. The summed E-state index contributed by atoms with van der Waals surface area (Å²) in [6.07, 6.45) is 0. The van der Waals surface area contributed by atoms with Gasteiger partial charge in [0.2, 0.25) is 0 Å². The third kappa shape index (κ3) is 1.70. The Bertz CT molecular complexity index is 474. The Morgan fingerprint density at radius 3 is 2.33 bits per heavy atom. The zero-order valence-electron chi connectivity index (χ0n) is 9.62. The van der Waals surface area contributed by atoms with Crippen LogP contribution >= 0.6 is 0 Å². The van der Waals surface area contributed by atoms with E-state index in [-0.39, 0.29) is 0 Å². The Hall–Kier alpha value is -1.50. The maximum absolute atomic E-state index is 2.28. The van der Waals surface area contributed by atoms with Crippen LogP contribution in [0.15, 0.2) is 36.4 Å². The summed E-state index contributed by atoms with van der Waals surface area (Å²) in [5.74, 6) is 0. The third-order valence-corrected chi connectivity index (χ3v) is 3.00. The lowest BCUT2D eigenvalue weighted by Gasteiger charge is -2.19. The minimum absolute atomic E-state index is 1.03. The highest BCUT2D eigenvalue weighted by Crippen LogP contribution is 2.28. The molecule has 1 heteroatoms. The van der Waals surface area contributed by atoms with E-state index in [0.717, 1.165) is 6.54 Å². The highest BCUT2D eigenvalue weighted by atomic mass is 15.1. The van der Waals surface area contributed by atoms with E-state index in [4.69, 9.17) is 0 Å². The normalized spacial score (nSPS) is 10.6. The molecule has 78 valence electrons. The van der Waals surface area contributed by atoms with Crippen molar-refractivity contribution in [2.75, 3.05) is 18.5 Å². The summed E-state index contributed by atoms with van der Waals surface area (Å²) in [5.41, 5.74) is 2.66. The van der Waals surface area contributed by atoms with Crippen LogP contribution in [0.3, 0.4) is 0 Å². The fourth-order valence-corrected chi connectivity index (χ4v) is 1.94. The van der Waals surface area contributed by atoms with Gasteiger partial charge in [-0.15, -0.1) is 0 Å². The molecular weight excluding hydrogens is 182 g/mol. The van der Waals surface area contributed by atoms with Crippen molar-refractivity contribution in [3.63, 3.8) is 0 Å². The van der Waals surface area contributed by atoms with E-state index in [0.29, 0.717) is 0 Å². The van der Waals surface area contributed by atoms with Gasteiger partial charge in [-0.25, -0.2) is 0 Å². The third-order valence-electron chi connectivity index (χ3n) is 3.00. The van der Waals surface area contributed by atoms with Crippen molar-refractivity contribution < 1.29 is 0 Å². The van der Waals surface area contributed by atoms with Gasteiger partial charge in [-0.3, -0.25) is 0 Å². The minimum atomic E-state index is 1.03. The van der Waals surface area contributed by atoms with E-state index in [2.05, 4.69) is 62.2 Å². The summed E-state index contributed by atoms with van der Waals surface area (Å²) in [4.78, 5) is 2.28. The van der Waals surface area contributed by atoms with Crippen molar-refractivity contribution in [1.82, 2.24) is 0 Å². The zero-order chi connectivity index (χ0) is 10.8. The van der Waals surface area contributed by atoms with Gasteiger partial charge in [0, 0.05) is 24.7 Å². The molecular formula is C14H17N. The highest BCUT2D eigenvalue weighted by Gasteiger charge is 2.05. The number of anilines is 1. The molecule has 0 aromatic heterocycles. The number of nitrogens with zero attached hydrogens (tertiary/aromatic N) is 1. The van der Waals surface area contributed by atoms with Crippen LogP contribution < -0.4 is 4.90 Å². The molecule has 0 radical (unpaired) electrons. The molecule has 0 aliphatic rings. The van der Waals surface area contributed by atoms with E-state index in [1.54, 1.807) is 0 Å². The van der Waals surface area contributed by atoms with E-state index in [1.807, 2.05) is 0 Å². The summed E-state index contributed by atoms with van der Waals surface area (Å²) in [5, 5.41) is 2.71. The van der Waals surface area contributed by atoms with Crippen LogP contribution in [0.1, 0.15) is 12.5 Å². The Morgan fingerprint density at radius 2 is 1.67 bits per heavy atom. The van der Waals surface area contributed by atoms with Crippen LogP contribution in [0.4, 0.5) is 5.69 Å². The highest BCUT2D eigenvalue weighted by molar-refractivity contribution is 5.96. The Labute approximate surface area is 91.3 Å². The summed E-state index contributed by atoms with van der Waals surface area (Å²) in [6, 6.07) is 13.0. The largest absolute Gasteiger partial charge is 0.374 e. The van der Waals surface area contributed by atoms with Gasteiger partial charge in [-0.05, 0) is 30.9 Å². The standard InChI is InChI=1S/C14H17N/c1-4-15(3)14-10-9-11(2)12-7-5-6-8-13(12)14/h5-10H,4H2,1-3H3. The molecule has 0 bridgehead atoms. The molecule has 0 aliphatic carbocycles. The Balaban J connectivity index is 2.71. The minimum Gasteiger partial charge on any atom is -0.374 e. The number of hydrogen-bond donors (Lipinski definition) is 0. The molecule has 2 aromatic rings. The lowest BCUT2D eigenvalue weighted by Crippen LogP contribution is -2.16. The smallest absolute Gasteiger partial charge is 0.0443 e. The van der Waals surface area contributed by atoms with Crippen molar-refractivity contribution in [3.8, 4) is 0 Å². The second-order valence-electron chi connectivity index (χ2n) is 3.96. The van der Waals surface area contributed by atoms with Gasteiger partial charge in [0.05, 0.1) is 0 Å².